The summed E-state index contributed by atoms with van der Waals surface area (Å²) >= 11 is 0. The van der Waals surface area contributed by atoms with Crippen LogP contribution in [0.2, 0.25) is 0 Å². The molecule has 0 aromatic heterocycles. The molecule has 0 aromatic carbocycles. The lowest BCUT2D eigenvalue weighted by atomic mass is 9.75. The Morgan fingerprint density at radius 3 is 2.15 bits per heavy atom. The Bertz CT molecular complexity index is 143. The van der Waals surface area contributed by atoms with Gasteiger partial charge in [-0.1, -0.05) is 27.2 Å². The molecule has 1 fully saturated rings. The van der Waals surface area contributed by atoms with Crippen LogP contribution in [0.25, 0.3) is 0 Å². The zero-order valence-corrected chi connectivity index (χ0v) is 9.34. The van der Waals surface area contributed by atoms with Crippen LogP contribution in [0.15, 0.2) is 0 Å². The highest BCUT2D eigenvalue weighted by Gasteiger charge is 2.25. The molecule has 0 spiro atoms. The molecule has 0 aromatic rings. The standard InChI is InChI=1S/C12H24O/c1-4-12(2,3)9-10-5-7-11(13)8-6-10/h10-11,13H,4-9H2,1-3H3. The zero-order chi connectivity index (χ0) is 9.90. The van der Waals surface area contributed by atoms with Crippen molar-refractivity contribution < 1.29 is 5.11 Å². The van der Waals surface area contributed by atoms with Gasteiger partial charge in [0.05, 0.1) is 6.10 Å². The summed E-state index contributed by atoms with van der Waals surface area (Å²) in [7, 11) is 0. The second-order valence-electron chi connectivity index (χ2n) is 5.40. The van der Waals surface area contributed by atoms with Crippen molar-refractivity contribution in [2.45, 2.75) is 65.4 Å². The van der Waals surface area contributed by atoms with Crippen molar-refractivity contribution in [1.82, 2.24) is 0 Å². The lowest BCUT2D eigenvalue weighted by molar-refractivity contribution is 0.0927. The summed E-state index contributed by atoms with van der Waals surface area (Å²) in [5.41, 5.74) is 0.507. The summed E-state index contributed by atoms with van der Waals surface area (Å²) in [5, 5.41) is 9.38. The van der Waals surface area contributed by atoms with Crippen LogP contribution in [0.1, 0.15) is 59.3 Å². The Morgan fingerprint density at radius 1 is 1.15 bits per heavy atom. The van der Waals surface area contributed by atoms with E-state index in [0.29, 0.717) is 5.41 Å². The maximum Gasteiger partial charge on any atom is 0.0540 e. The first-order chi connectivity index (χ1) is 6.03. The minimum absolute atomic E-state index is 0.000916. The minimum atomic E-state index is 0.000916. The van der Waals surface area contributed by atoms with Crippen molar-refractivity contribution in [3.05, 3.63) is 0 Å². The van der Waals surface area contributed by atoms with Gasteiger partial charge in [-0.15, -0.1) is 0 Å². The van der Waals surface area contributed by atoms with Gasteiger partial charge in [0.2, 0.25) is 0 Å². The molecule has 0 radical (unpaired) electrons. The molecule has 0 heterocycles. The van der Waals surface area contributed by atoms with Crippen molar-refractivity contribution in [2.75, 3.05) is 0 Å². The van der Waals surface area contributed by atoms with E-state index in [1.54, 1.807) is 0 Å². The molecule has 0 atom stereocenters. The summed E-state index contributed by atoms with van der Waals surface area (Å²) in [6.45, 7) is 6.99. The molecule has 1 nitrogen and oxygen atoms in total. The van der Waals surface area contributed by atoms with E-state index >= 15 is 0 Å². The topological polar surface area (TPSA) is 20.2 Å². The van der Waals surface area contributed by atoms with E-state index < -0.39 is 0 Å². The fraction of sp³-hybridized carbons (Fsp3) is 1.00. The Kier molecular flexibility index (Phi) is 3.78. The molecule has 1 rings (SSSR count). The van der Waals surface area contributed by atoms with Crippen molar-refractivity contribution in [3.63, 3.8) is 0 Å². The van der Waals surface area contributed by atoms with E-state index in [0.717, 1.165) is 18.8 Å². The Hall–Kier alpha value is -0.0400. The second-order valence-corrected chi connectivity index (χ2v) is 5.40. The van der Waals surface area contributed by atoms with Crippen molar-refractivity contribution in [3.8, 4) is 0 Å². The maximum atomic E-state index is 9.38. The highest BCUT2D eigenvalue weighted by molar-refractivity contribution is 4.77. The van der Waals surface area contributed by atoms with Gasteiger partial charge in [-0.25, -0.2) is 0 Å². The summed E-state index contributed by atoms with van der Waals surface area (Å²) in [6, 6.07) is 0. The number of hydrogen-bond acceptors (Lipinski definition) is 1. The van der Waals surface area contributed by atoms with Gasteiger partial charge >= 0.3 is 0 Å². The molecular weight excluding hydrogens is 160 g/mol. The molecule has 0 saturated heterocycles. The van der Waals surface area contributed by atoms with Gasteiger partial charge in [0, 0.05) is 0 Å². The fourth-order valence-electron chi connectivity index (χ4n) is 2.27. The van der Waals surface area contributed by atoms with Crippen LogP contribution in [-0.4, -0.2) is 11.2 Å². The average molecular weight is 184 g/mol. The lowest BCUT2D eigenvalue weighted by Gasteiger charge is -2.32. The van der Waals surface area contributed by atoms with E-state index in [2.05, 4.69) is 20.8 Å². The first-order valence-electron chi connectivity index (χ1n) is 5.71. The predicted molar refractivity (Wildman–Crippen MR) is 56.7 cm³/mol. The molecule has 0 bridgehead atoms. The number of rotatable bonds is 3. The van der Waals surface area contributed by atoms with Gasteiger partial charge in [0.15, 0.2) is 0 Å². The van der Waals surface area contributed by atoms with E-state index in [1.165, 1.54) is 25.7 Å². The van der Waals surface area contributed by atoms with Crippen LogP contribution >= 0.6 is 0 Å². The second kappa shape index (κ2) is 4.45. The number of aliphatic hydroxyl groups excluding tert-OH is 1. The monoisotopic (exact) mass is 184 g/mol. The normalized spacial score (nSPS) is 30.5. The Morgan fingerprint density at radius 2 is 1.69 bits per heavy atom. The van der Waals surface area contributed by atoms with Crippen molar-refractivity contribution in [2.24, 2.45) is 11.3 Å². The average Bonchev–Trinajstić information content (AvgIpc) is 2.09. The van der Waals surface area contributed by atoms with E-state index in [1.807, 2.05) is 0 Å². The van der Waals surface area contributed by atoms with Crippen LogP contribution < -0.4 is 0 Å². The third-order valence-electron chi connectivity index (χ3n) is 3.61. The third-order valence-corrected chi connectivity index (χ3v) is 3.61. The molecule has 78 valence electrons. The van der Waals surface area contributed by atoms with Gasteiger partial charge < -0.3 is 5.11 Å². The van der Waals surface area contributed by atoms with Crippen molar-refractivity contribution >= 4 is 0 Å². The first kappa shape index (κ1) is 11.0. The Labute approximate surface area is 82.5 Å². The summed E-state index contributed by atoms with van der Waals surface area (Å²) in [6.07, 6.45) is 7.16. The summed E-state index contributed by atoms with van der Waals surface area (Å²) in [4.78, 5) is 0. The first-order valence-corrected chi connectivity index (χ1v) is 5.71. The zero-order valence-electron chi connectivity index (χ0n) is 9.34. The smallest absolute Gasteiger partial charge is 0.0540 e. The van der Waals surface area contributed by atoms with Gasteiger partial charge in [0.25, 0.3) is 0 Å². The van der Waals surface area contributed by atoms with E-state index in [-0.39, 0.29) is 6.10 Å². The van der Waals surface area contributed by atoms with Crippen molar-refractivity contribution in [1.29, 1.82) is 0 Å². The lowest BCUT2D eigenvalue weighted by Crippen LogP contribution is -2.23. The fourth-order valence-corrected chi connectivity index (χ4v) is 2.27. The highest BCUT2D eigenvalue weighted by Crippen LogP contribution is 2.36. The van der Waals surface area contributed by atoms with Crippen LogP contribution in [0, 0.1) is 11.3 Å². The largest absolute Gasteiger partial charge is 0.393 e. The predicted octanol–water partition coefficient (Wildman–Crippen LogP) is 3.36. The molecule has 1 saturated carbocycles. The van der Waals surface area contributed by atoms with Gasteiger partial charge in [-0.05, 0) is 43.4 Å². The molecule has 1 aliphatic carbocycles. The van der Waals surface area contributed by atoms with Crippen LogP contribution in [0.4, 0.5) is 0 Å². The highest BCUT2D eigenvalue weighted by atomic mass is 16.3. The molecule has 1 heteroatoms. The maximum absolute atomic E-state index is 9.38. The van der Waals surface area contributed by atoms with E-state index in [4.69, 9.17) is 0 Å². The number of hydrogen-bond donors (Lipinski definition) is 1. The van der Waals surface area contributed by atoms with Crippen LogP contribution in [0.5, 0.6) is 0 Å². The molecule has 1 aliphatic rings. The minimum Gasteiger partial charge on any atom is -0.393 e. The molecule has 0 amide bonds. The summed E-state index contributed by atoms with van der Waals surface area (Å²) in [5.74, 6) is 0.873. The Balaban J connectivity index is 2.30. The molecule has 1 N–H and O–H groups in total. The van der Waals surface area contributed by atoms with Gasteiger partial charge in [-0.3, -0.25) is 0 Å². The summed E-state index contributed by atoms with van der Waals surface area (Å²) < 4.78 is 0. The van der Waals surface area contributed by atoms with Crippen LogP contribution in [0.3, 0.4) is 0 Å². The number of aliphatic hydroxyl groups is 1. The van der Waals surface area contributed by atoms with Gasteiger partial charge in [0.1, 0.15) is 0 Å². The molecule has 0 unspecified atom stereocenters. The van der Waals surface area contributed by atoms with Gasteiger partial charge in [-0.2, -0.15) is 0 Å². The van der Waals surface area contributed by atoms with Crippen LogP contribution in [-0.2, 0) is 0 Å². The molecule has 13 heavy (non-hydrogen) atoms. The SMILES string of the molecule is CCC(C)(C)CC1CCC(O)CC1. The van der Waals surface area contributed by atoms with E-state index in [9.17, 15) is 5.11 Å². The molecular formula is C12H24O. The quantitative estimate of drug-likeness (QED) is 0.713. The molecule has 0 aliphatic heterocycles. The third kappa shape index (κ3) is 3.68.